The molecule has 20 heavy (non-hydrogen) atoms. The number of aromatic nitrogens is 2. The van der Waals surface area contributed by atoms with Crippen LogP contribution in [0.5, 0.6) is 0 Å². The second-order valence-electron chi connectivity index (χ2n) is 6.45. The minimum Gasteiger partial charge on any atom is -0.356 e. The molecule has 0 aliphatic carbocycles. The number of fused-ring (bicyclic) bond motifs is 1. The van der Waals surface area contributed by atoms with Gasteiger partial charge in [-0.25, -0.2) is 10.8 Å². The Hall–Kier alpha value is -1.40. The van der Waals surface area contributed by atoms with Gasteiger partial charge in [0, 0.05) is 13.1 Å². The molecule has 5 nitrogen and oxygen atoms in total. The summed E-state index contributed by atoms with van der Waals surface area (Å²) in [7, 11) is 0. The average Bonchev–Trinajstić information content (AvgIpc) is 3.05. The maximum atomic E-state index is 5.48. The van der Waals surface area contributed by atoms with Crippen molar-refractivity contribution < 1.29 is 0 Å². The van der Waals surface area contributed by atoms with Crippen LogP contribution < -0.4 is 16.2 Å². The molecule has 0 aromatic carbocycles. The Labute approximate surface area is 123 Å². The van der Waals surface area contributed by atoms with Crippen molar-refractivity contribution in [1.29, 1.82) is 0 Å². The highest BCUT2D eigenvalue weighted by atomic mass is 32.1. The van der Waals surface area contributed by atoms with E-state index in [4.69, 9.17) is 5.84 Å². The summed E-state index contributed by atoms with van der Waals surface area (Å²) in [5.74, 6) is 7.68. The third kappa shape index (κ3) is 2.33. The topological polar surface area (TPSA) is 67.1 Å². The molecule has 0 radical (unpaired) electrons. The van der Waals surface area contributed by atoms with Gasteiger partial charge in [0.2, 0.25) is 5.95 Å². The molecule has 6 heteroatoms. The fourth-order valence-corrected chi connectivity index (χ4v) is 3.56. The van der Waals surface area contributed by atoms with Crippen molar-refractivity contribution >= 4 is 33.3 Å². The van der Waals surface area contributed by atoms with Gasteiger partial charge in [-0.2, -0.15) is 4.98 Å². The lowest BCUT2D eigenvalue weighted by atomic mass is 9.80. The third-order valence-electron chi connectivity index (χ3n) is 4.15. The quantitative estimate of drug-likeness (QED) is 0.658. The number of anilines is 2. The standard InChI is InChI=1S/C14H21N5S/c1-14(2,3)9-4-6-19(8-9)11-10-5-7-20-12(10)17-13(16-11)18-15/h5,7,9H,4,6,8,15H2,1-3H3,(H,16,17,18). The van der Waals surface area contributed by atoms with E-state index in [1.54, 1.807) is 11.3 Å². The number of nitrogens with zero attached hydrogens (tertiary/aromatic N) is 3. The number of hydrogen-bond donors (Lipinski definition) is 2. The Balaban J connectivity index is 1.96. The van der Waals surface area contributed by atoms with Gasteiger partial charge < -0.3 is 4.90 Å². The minimum atomic E-state index is 0.338. The molecule has 0 amide bonds. The minimum absolute atomic E-state index is 0.338. The molecule has 0 spiro atoms. The van der Waals surface area contributed by atoms with Crippen molar-refractivity contribution in [2.24, 2.45) is 17.2 Å². The zero-order chi connectivity index (χ0) is 14.3. The lowest BCUT2D eigenvalue weighted by Crippen LogP contribution is -2.26. The second-order valence-corrected chi connectivity index (χ2v) is 7.35. The van der Waals surface area contributed by atoms with Gasteiger partial charge in [-0.1, -0.05) is 20.8 Å². The van der Waals surface area contributed by atoms with Crippen molar-refractivity contribution in [3.63, 3.8) is 0 Å². The smallest absolute Gasteiger partial charge is 0.240 e. The number of nitrogens with one attached hydrogen (secondary N) is 1. The molecule has 1 saturated heterocycles. The average molecular weight is 291 g/mol. The first-order valence-corrected chi connectivity index (χ1v) is 7.84. The zero-order valence-electron chi connectivity index (χ0n) is 12.2. The number of nitrogens with two attached hydrogens (primary N) is 1. The fraction of sp³-hybridized carbons (Fsp3) is 0.571. The van der Waals surface area contributed by atoms with E-state index in [1.165, 1.54) is 6.42 Å². The lowest BCUT2D eigenvalue weighted by Gasteiger charge is -2.27. The molecular weight excluding hydrogens is 270 g/mol. The van der Waals surface area contributed by atoms with Crippen molar-refractivity contribution in [2.45, 2.75) is 27.2 Å². The van der Waals surface area contributed by atoms with E-state index in [9.17, 15) is 0 Å². The van der Waals surface area contributed by atoms with Crippen LogP contribution in [0.25, 0.3) is 10.2 Å². The van der Waals surface area contributed by atoms with Gasteiger partial charge in [-0.15, -0.1) is 11.3 Å². The van der Waals surface area contributed by atoms with E-state index >= 15 is 0 Å². The molecule has 0 saturated carbocycles. The molecule has 3 N–H and O–H groups in total. The number of thiophene rings is 1. The molecule has 1 aliphatic rings. The van der Waals surface area contributed by atoms with Gasteiger partial charge in [0.05, 0.1) is 5.39 Å². The molecule has 2 aromatic heterocycles. The zero-order valence-corrected chi connectivity index (χ0v) is 13.0. The van der Waals surface area contributed by atoms with Gasteiger partial charge in [-0.05, 0) is 29.2 Å². The molecule has 1 fully saturated rings. The molecule has 1 aliphatic heterocycles. The Morgan fingerprint density at radius 2 is 2.20 bits per heavy atom. The highest BCUT2D eigenvalue weighted by Gasteiger charge is 2.33. The van der Waals surface area contributed by atoms with Crippen LogP contribution in [0.1, 0.15) is 27.2 Å². The predicted molar refractivity (Wildman–Crippen MR) is 85.0 cm³/mol. The van der Waals surface area contributed by atoms with Gasteiger partial charge in [0.25, 0.3) is 0 Å². The van der Waals surface area contributed by atoms with Crippen molar-refractivity contribution in [1.82, 2.24) is 9.97 Å². The maximum absolute atomic E-state index is 5.48. The van der Waals surface area contributed by atoms with Crippen molar-refractivity contribution in [2.75, 3.05) is 23.4 Å². The first kappa shape index (κ1) is 13.6. The normalized spacial score (nSPS) is 19.8. The SMILES string of the molecule is CC(C)(C)C1CCN(c2nc(NN)nc3sccc23)C1. The van der Waals surface area contributed by atoms with Crippen LogP contribution in [0.3, 0.4) is 0 Å². The Bertz CT molecular complexity index is 616. The van der Waals surface area contributed by atoms with Crippen LogP contribution in [-0.4, -0.2) is 23.1 Å². The first-order chi connectivity index (χ1) is 9.49. The van der Waals surface area contributed by atoms with E-state index in [-0.39, 0.29) is 0 Å². The molecule has 3 heterocycles. The summed E-state index contributed by atoms with van der Waals surface area (Å²) >= 11 is 1.62. The lowest BCUT2D eigenvalue weighted by molar-refractivity contribution is 0.263. The van der Waals surface area contributed by atoms with Crippen LogP contribution >= 0.6 is 11.3 Å². The second kappa shape index (κ2) is 4.86. The third-order valence-corrected chi connectivity index (χ3v) is 4.95. The Morgan fingerprint density at radius 1 is 1.40 bits per heavy atom. The van der Waals surface area contributed by atoms with Crippen LogP contribution in [0.4, 0.5) is 11.8 Å². The molecule has 3 rings (SSSR count). The summed E-state index contributed by atoms with van der Waals surface area (Å²) < 4.78 is 0. The maximum Gasteiger partial charge on any atom is 0.240 e. The van der Waals surface area contributed by atoms with Gasteiger partial charge in [0.15, 0.2) is 0 Å². The number of nitrogen functional groups attached to an aromatic ring is 1. The largest absolute Gasteiger partial charge is 0.356 e. The van der Waals surface area contributed by atoms with Gasteiger partial charge >= 0.3 is 0 Å². The number of hydrogen-bond acceptors (Lipinski definition) is 6. The molecular formula is C14H21N5S. The summed E-state index contributed by atoms with van der Waals surface area (Å²) in [6.07, 6.45) is 1.21. The van der Waals surface area contributed by atoms with E-state index < -0.39 is 0 Å². The first-order valence-electron chi connectivity index (χ1n) is 6.96. The van der Waals surface area contributed by atoms with Crippen LogP contribution in [0.2, 0.25) is 0 Å². The Kier molecular flexibility index (Phi) is 3.30. The molecule has 1 atom stereocenters. The molecule has 2 aromatic rings. The fourth-order valence-electron chi connectivity index (χ4n) is 2.80. The molecule has 0 bridgehead atoms. The van der Waals surface area contributed by atoms with Gasteiger partial charge in [0.1, 0.15) is 10.6 Å². The molecule has 108 valence electrons. The Morgan fingerprint density at radius 3 is 2.85 bits per heavy atom. The van der Waals surface area contributed by atoms with Crippen LogP contribution in [0.15, 0.2) is 11.4 Å². The monoisotopic (exact) mass is 291 g/mol. The van der Waals surface area contributed by atoms with Crippen LogP contribution in [-0.2, 0) is 0 Å². The summed E-state index contributed by atoms with van der Waals surface area (Å²) in [6, 6.07) is 2.10. The summed E-state index contributed by atoms with van der Waals surface area (Å²) in [6.45, 7) is 9.04. The molecule has 1 unspecified atom stereocenters. The highest BCUT2D eigenvalue weighted by Crippen LogP contribution is 2.37. The van der Waals surface area contributed by atoms with Crippen molar-refractivity contribution in [3.05, 3.63) is 11.4 Å². The van der Waals surface area contributed by atoms with Crippen molar-refractivity contribution in [3.8, 4) is 0 Å². The van der Waals surface area contributed by atoms with E-state index in [1.807, 2.05) is 0 Å². The predicted octanol–water partition coefficient (Wildman–Crippen LogP) is 2.85. The highest BCUT2D eigenvalue weighted by molar-refractivity contribution is 7.16. The number of hydrazine groups is 1. The van der Waals surface area contributed by atoms with E-state index in [2.05, 4.69) is 52.5 Å². The van der Waals surface area contributed by atoms with Crippen LogP contribution in [0, 0.1) is 11.3 Å². The van der Waals surface area contributed by atoms with E-state index in [0.717, 1.165) is 29.1 Å². The number of rotatable bonds is 2. The summed E-state index contributed by atoms with van der Waals surface area (Å²) in [5.41, 5.74) is 2.91. The summed E-state index contributed by atoms with van der Waals surface area (Å²) in [5, 5.41) is 3.18. The summed E-state index contributed by atoms with van der Waals surface area (Å²) in [4.78, 5) is 12.3. The van der Waals surface area contributed by atoms with Gasteiger partial charge in [-0.3, -0.25) is 5.43 Å². The van der Waals surface area contributed by atoms with E-state index in [0.29, 0.717) is 17.3 Å².